The van der Waals surface area contributed by atoms with E-state index >= 15 is 0 Å². The van der Waals surface area contributed by atoms with Gasteiger partial charge in [-0.15, -0.1) is 12.4 Å². The lowest BCUT2D eigenvalue weighted by atomic mass is 9.78. The van der Waals surface area contributed by atoms with Crippen molar-refractivity contribution in [1.82, 2.24) is 5.32 Å². The summed E-state index contributed by atoms with van der Waals surface area (Å²) in [7, 11) is 0. The normalized spacial score (nSPS) is 30.0. The highest BCUT2D eigenvalue weighted by Crippen LogP contribution is 2.38. The Morgan fingerprint density at radius 3 is 2.52 bits per heavy atom. The Hall–Kier alpha value is -0.480. The second-order valence-electron chi connectivity index (χ2n) is 7.17. The molecule has 4 atom stereocenters. The fourth-order valence-electron chi connectivity index (χ4n) is 3.77. The number of ether oxygens (including phenoxy) is 1. The minimum atomic E-state index is -0.378. The molecule has 5 heteroatoms. The van der Waals surface area contributed by atoms with Gasteiger partial charge in [-0.3, -0.25) is 0 Å². The highest BCUT2D eigenvalue weighted by Gasteiger charge is 2.40. The smallest absolute Gasteiger partial charge is 0.125 e. The van der Waals surface area contributed by atoms with E-state index in [4.69, 9.17) is 16.3 Å². The van der Waals surface area contributed by atoms with E-state index in [9.17, 15) is 5.11 Å². The van der Waals surface area contributed by atoms with Gasteiger partial charge in [-0.05, 0) is 73.9 Å². The standard InChI is InChI=1S/C18H26ClNO2.ClH/c1-10(2)14-7-15(19)11(3)4-17(14)22-18-6-13-9-20-8-12(13)5-16(18)21;/h4,7,10,12-13,16,18,20-21H,5-6,8-9H2,1-3H3;1H/t12-,13+,16+,18+;/m0./s1. The summed E-state index contributed by atoms with van der Waals surface area (Å²) in [6.07, 6.45) is 1.28. The Morgan fingerprint density at radius 2 is 1.87 bits per heavy atom. The molecule has 1 aromatic rings. The number of rotatable bonds is 3. The second-order valence-corrected chi connectivity index (χ2v) is 7.57. The number of hydrogen-bond acceptors (Lipinski definition) is 3. The van der Waals surface area contributed by atoms with Crippen molar-refractivity contribution in [2.75, 3.05) is 13.1 Å². The van der Waals surface area contributed by atoms with E-state index in [0.29, 0.717) is 17.8 Å². The molecule has 1 aliphatic carbocycles. The van der Waals surface area contributed by atoms with Crippen LogP contribution in [0, 0.1) is 18.8 Å². The zero-order chi connectivity index (χ0) is 15.9. The number of aliphatic hydroxyl groups excluding tert-OH is 1. The average molecular weight is 360 g/mol. The summed E-state index contributed by atoms with van der Waals surface area (Å²) in [6, 6.07) is 4.02. The third-order valence-corrected chi connectivity index (χ3v) is 5.59. The molecule has 2 aliphatic rings. The van der Waals surface area contributed by atoms with Crippen molar-refractivity contribution in [3.05, 3.63) is 28.3 Å². The first kappa shape index (κ1) is 18.9. The average Bonchev–Trinajstić information content (AvgIpc) is 2.89. The molecule has 3 nitrogen and oxygen atoms in total. The van der Waals surface area contributed by atoms with Crippen LogP contribution < -0.4 is 10.1 Å². The Balaban J connectivity index is 0.00000192. The number of aliphatic hydroxyl groups is 1. The number of hydrogen-bond donors (Lipinski definition) is 2. The van der Waals surface area contributed by atoms with Crippen LogP contribution in [0.4, 0.5) is 0 Å². The van der Waals surface area contributed by atoms with Gasteiger partial charge in [-0.2, -0.15) is 0 Å². The van der Waals surface area contributed by atoms with Gasteiger partial charge in [0, 0.05) is 5.02 Å². The largest absolute Gasteiger partial charge is 0.487 e. The third kappa shape index (κ3) is 3.96. The van der Waals surface area contributed by atoms with Crippen LogP contribution in [-0.2, 0) is 0 Å². The van der Waals surface area contributed by atoms with Crippen LogP contribution in [0.3, 0.4) is 0 Å². The highest BCUT2D eigenvalue weighted by molar-refractivity contribution is 6.31. The molecule has 23 heavy (non-hydrogen) atoms. The van der Waals surface area contributed by atoms with E-state index in [0.717, 1.165) is 47.8 Å². The van der Waals surface area contributed by atoms with Crippen molar-refractivity contribution in [2.45, 2.75) is 51.7 Å². The maximum Gasteiger partial charge on any atom is 0.125 e. The summed E-state index contributed by atoms with van der Waals surface area (Å²) in [5.41, 5.74) is 2.14. The Bertz CT molecular complexity index is 550. The monoisotopic (exact) mass is 359 g/mol. The SMILES string of the molecule is Cc1cc(O[C@@H]2C[C@@H]3CNC[C@@H]3C[C@H]2O)c(C(C)C)cc1Cl.Cl. The van der Waals surface area contributed by atoms with Crippen LogP contribution in [-0.4, -0.2) is 30.4 Å². The van der Waals surface area contributed by atoms with E-state index in [1.54, 1.807) is 0 Å². The molecule has 1 saturated heterocycles. The number of fused-ring (bicyclic) bond motifs is 1. The van der Waals surface area contributed by atoms with Gasteiger partial charge in [-0.25, -0.2) is 0 Å². The molecule has 1 aromatic carbocycles. The predicted octanol–water partition coefficient (Wildman–Crippen LogP) is 3.93. The van der Waals surface area contributed by atoms with Crippen LogP contribution >= 0.6 is 24.0 Å². The molecule has 130 valence electrons. The topological polar surface area (TPSA) is 41.5 Å². The molecule has 2 fully saturated rings. The first-order valence-electron chi connectivity index (χ1n) is 8.31. The minimum absolute atomic E-state index is 0. The molecule has 1 aliphatic heterocycles. The van der Waals surface area contributed by atoms with Crippen molar-refractivity contribution in [2.24, 2.45) is 11.8 Å². The number of aryl methyl sites for hydroxylation is 1. The molecule has 0 aromatic heterocycles. The lowest BCUT2D eigenvalue weighted by Gasteiger charge is -2.36. The van der Waals surface area contributed by atoms with Gasteiger partial charge in [0.05, 0.1) is 6.10 Å². The highest BCUT2D eigenvalue weighted by atomic mass is 35.5. The summed E-state index contributed by atoms with van der Waals surface area (Å²) >= 11 is 6.26. The quantitative estimate of drug-likeness (QED) is 0.858. The summed E-state index contributed by atoms with van der Waals surface area (Å²) in [4.78, 5) is 0. The van der Waals surface area contributed by atoms with E-state index in [1.165, 1.54) is 0 Å². The van der Waals surface area contributed by atoms with Crippen molar-refractivity contribution in [3.63, 3.8) is 0 Å². The van der Waals surface area contributed by atoms with E-state index < -0.39 is 0 Å². The molecular formula is C18H27Cl2NO2. The van der Waals surface area contributed by atoms with Crippen molar-refractivity contribution in [1.29, 1.82) is 0 Å². The zero-order valence-corrected chi connectivity index (χ0v) is 15.6. The number of nitrogens with one attached hydrogen (secondary N) is 1. The summed E-state index contributed by atoms with van der Waals surface area (Å²) < 4.78 is 6.27. The Labute approximate surface area is 150 Å². The fraction of sp³-hybridized carbons (Fsp3) is 0.667. The summed E-state index contributed by atoms with van der Waals surface area (Å²) in [6.45, 7) is 8.36. The summed E-state index contributed by atoms with van der Waals surface area (Å²) in [5.74, 6) is 2.45. The van der Waals surface area contributed by atoms with E-state index in [1.807, 2.05) is 19.1 Å². The van der Waals surface area contributed by atoms with Gasteiger partial charge in [0.2, 0.25) is 0 Å². The van der Waals surface area contributed by atoms with Gasteiger partial charge in [0.15, 0.2) is 0 Å². The van der Waals surface area contributed by atoms with Crippen LogP contribution in [0.5, 0.6) is 5.75 Å². The van der Waals surface area contributed by atoms with Gasteiger partial charge < -0.3 is 15.2 Å². The maximum absolute atomic E-state index is 10.5. The zero-order valence-electron chi connectivity index (χ0n) is 14.0. The third-order valence-electron chi connectivity index (χ3n) is 5.18. The summed E-state index contributed by atoms with van der Waals surface area (Å²) in [5, 5.41) is 14.7. The van der Waals surface area contributed by atoms with Crippen LogP contribution in [0.1, 0.15) is 43.7 Å². The van der Waals surface area contributed by atoms with Gasteiger partial charge in [0.25, 0.3) is 0 Å². The maximum atomic E-state index is 10.5. The van der Waals surface area contributed by atoms with Crippen molar-refractivity contribution >= 4 is 24.0 Å². The number of benzene rings is 1. The van der Waals surface area contributed by atoms with E-state index in [-0.39, 0.29) is 24.6 Å². The van der Waals surface area contributed by atoms with Crippen LogP contribution in [0.25, 0.3) is 0 Å². The molecule has 0 unspecified atom stereocenters. The van der Waals surface area contributed by atoms with E-state index in [2.05, 4.69) is 19.2 Å². The second kappa shape index (κ2) is 7.60. The molecule has 0 bridgehead atoms. The molecule has 0 radical (unpaired) electrons. The van der Waals surface area contributed by atoms with Crippen molar-refractivity contribution < 1.29 is 9.84 Å². The lowest BCUT2D eigenvalue weighted by molar-refractivity contribution is -0.0236. The van der Waals surface area contributed by atoms with Gasteiger partial charge in [0.1, 0.15) is 11.9 Å². The molecule has 1 heterocycles. The molecule has 0 spiro atoms. The predicted molar refractivity (Wildman–Crippen MR) is 97.0 cm³/mol. The first-order chi connectivity index (χ1) is 10.5. The lowest BCUT2D eigenvalue weighted by Crippen LogP contribution is -2.42. The fourth-order valence-corrected chi connectivity index (χ4v) is 3.94. The Kier molecular flexibility index (Phi) is 6.23. The molecular weight excluding hydrogens is 333 g/mol. The Morgan fingerprint density at radius 1 is 1.22 bits per heavy atom. The molecule has 2 N–H and O–H groups in total. The minimum Gasteiger partial charge on any atom is -0.487 e. The molecule has 1 saturated carbocycles. The number of halogens is 2. The first-order valence-corrected chi connectivity index (χ1v) is 8.69. The van der Waals surface area contributed by atoms with Crippen LogP contribution in [0.2, 0.25) is 5.02 Å². The molecule has 3 rings (SSSR count). The van der Waals surface area contributed by atoms with Crippen molar-refractivity contribution in [3.8, 4) is 5.75 Å². The van der Waals surface area contributed by atoms with Crippen LogP contribution in [0.15, 0.2) is 12.1 Å². The molecule has 0 amide bonds. The van der Waals surface area contributed by atoms with Gasteiger partial charge in [-0.1, -0.05) is 25.4 Å². The van der Waals surface area contributed by atoms with Gasteiger partial charge >= 0.3 is 0 Å².